The van der Waals surface area contributed by atoms with Crippen molar-refractivity contribution in [2.24, 2.45) is 5.10 Å². The predicted octanol–water partition coefficient (Wildman–Crippen LogP) is 4.63. The van der Waals surface area contributed by atoms with Crippen molar-refractivity contribution in [3.63, 3.8) is 0 Å². The van der Waals surface area contributed by atoms with Crippen LogP contribution in [0, 0.1) is 6.92 Å². The number of carbonyl (C=O) groups is 2. The van der Waals surface area contributed by atoms with Crippen LogP contribution < -0.4 is 10.2 Å². The van der Waals surface area contributed by atoms with E-state index in [1.165, 1.54) is 6.21 Å². The van der Waals surface area contributed by atoms with Gasteiger partial charge in [-0.05, 0) is 66.6 Å². The van der Waals surface area contributed by atoms with E-state index in [9.17, 15) is 9.59 Å². The summed E-state index contributed by atoms with van der Waals surface area (Å²) in [4.78, 5) is 24.2. The van der Waals surface area contributed by atoms with Crippen molar-refractivity contribution < 1.29 is 14.3 Å². The van der Waals surface area contributed by atoms with Gasteiger partial charge in [0.15, 0.2) is 0 Å². The lowest BCUT2D eigenvalue weighted by Gasteiger charge is -2.06. The Hall–Kier alpha value is -3.44. The Balaban J connectivity index is 1.58. The van der Waals surface area contributed by atoms with Gasteiger partial charge in [0.2, 0.25) is 0 Å². The molecule has 0 saturated heterocycles. The molecule has 3 rings (SSSR count). The molecular weight excluding hydrogens is 376 g/mol. The highest BCUT2D eigenvalue weighted by molar-refractivity contribution is 6.30. The molecule has 5 nitrogen and oxygen atoms in total. The summed E-state index contributed by atoms with van der Waals surface area (Å²) in [7, 11) is 0. The lowest BCUT2D eigenvalue weighted by Crippen LogP contribution is -2.17. The number of hydrogen-bond acceptors (Lipinski definition) is 4. The van der Waals surface area contributed by atoms with Crippen LogP contribution in [-0.2, 0) is 0 Å². The van der Waals surface area contributed by atoms with Crippen molar-refractivity contribution in [3.05, 3.63) is 100 Å². The van der Waals surface area contributed by atoms with E-state index in [0.29, 0.717) is 21.9 Å². The van der Waals surface area contributed by atoms with Crippen LogP contribution in [-0.4, -0.2) is 18.1 Å². The first-order valence-electron chi connectivity index (χ1n) is 8.50. The molecule has 3 aromatic carbocycles. The minimum absolute atomic E-state index is 0.359. The van der Waals surface area contributed by atoms with Crippen LogP contribution >= 0.6 is 11.6 Å². The average Bonchev–Trinajstić information content (AvgIpc) is 2.69. The Morgan fingerprint density at radius 2 is 1.75 bits per heavy atom. The molecule has 140 valence electrons. The number of aryl methyl sites for hydroxylation is 1. The molecule has 28 heavy (non-hydrogen) atoms. The number of carbonyl (C=O) groups excluding carboxylic acids is 2. The fourth-order valence-corrected chi connectivity index (χ4v) is 2.64. The van der Waals surface area contributed by atoms with Crippen molar-refractivity contribution in [2.75, 3.05) is 0 Å². The van der Waals surface area contributed by atoms with Gasteiger partial charge < -0.3 is 4.74 Å². The SMILES string of the molecule is Cc1ccccc1C(=O)Oc1ccc(C=NNC(=O)c2cccc(Cl)c2)cc1. The second-order valence-electron chi connectivity index (χ2n) is 5.98. The average molecular weight is 393 g/mol. The number of hydrogen-bond donors (Lipinski definition) is 1. The number of esters is 1. The fourth-order valence-electron chi connectivity index (χ4n) is 2.45. The van der Waals surface area contributed by atoms with E-state index >= 15 is 0 Å². The van der Waals surface area contributed by atoms with E-state index in [-0.39, 0.29) is 5.91 Å². The van der Waals surface area contributed by atoms with Crippen molar-refractivity contribution in [1.82, 2.24) is 5.43 Å². The highest BCUT2D eigenvalue weighted by Gasteiger charge is 2.10. The van der Waals surface area contributed by atoms with Crippen LogP contribution in [0.3, 0.4) is 0 Å². The smallest absolute Gasteiger partial charge is 0.343 e. The second-order valence-corrected chi connectivity index (χ2v) is 6.42. The zero-order valence-electron chi connectivity index (χ0n) is 15.1. The van der Waals surface area contributed by atoms with Crippen molar-refractivity contribution in [3.8, 4) is 5.75 Å². The Bertz CT molecular complexity index is 1030. The van der Waals surface area contributed by atoms with Crippen LogP contribution in [0.1, 0.15) is 31.8 Å². The van der Waals surface area contributed by atoms with E-state index < -0.39 is 5.97 Å². The molecule has 0 fully saturated rings. The summed E-state index contributed by atoms with van der Waals surface area (Å²) in [5.74, 6) is -0.343. The molecule has 0 aliphatic heterocycles. The fraction of sp³-hybridized carbons (Fsp3) is 0.0455. The Morgan fingerprint density at radius 1 is 1.00 bits per heavy atom. The predicted molar refractivity (Wildman–Crippen MR) is 109 cm³/mol. The zero-order chi connectivity index (χ0) is 19.9. The summed E-state index contributed by atoms with van der Waals surface area (Å²) in [6, 6.07) is 20.6. The summed E-state index contributed by atoms with van der Waals surface area (Å²) in [6.45, 7) is 1.86. The number of nitrogens with zero attached hydrogens (tertiary/aromatic N) is 1. The lowest BCUT2D eigenvalue weighted by atomic mass is 10.1. The summed E-state index contributed by atoms with van der Waals surface area (Å²) in [5.41, 5.74) is 4.97. The molecule has 0 unspecified atom stereocenters. The van der Waals surface area contributed by atoms with Crippen LogP contribution in [0.5, 0.6) is 5.75 Å². The van der Waals surface area contributed by atoms with Crippen molar-refractivity contribution in [1.29, 1.82) is 0 Å². The Kier molecular flexibility index (Phi) is 6.19. The molecule has 1 N–H and O–H groups in total. The van der Waals surface area contributed by atoms with Gasteiger partial charge in [-0.3, -0.25) is 4.79 Å². The van der Waals surface area contributed by atoms with Gasteiger partial charge in [-0.1, -0.05) is 35.9 Å². The highest BCUT2D eigenvalue weighted by atomic mass is 35.5. The number of benzene rings is 3. The topological polar surface area (TPSA) is 67.8 Å². The van der Waals surface area contributed by atoms with E-state index in [1.54, 1.807) is 60.7 Å². The monoisotopic (exact) mass is 392 g/mol. The second kappa shape index (κ2) is 8.97. The molecule has 0 saturated carbocycles. The van der Waals surface area contributed by atoms with E-state index in [2.05, 4.69) is 10.5 Å². The minimum atomic E-state index is -0.409. The number of halogens is 1. The first kappa shape index (κ1) is 19.3. The number of nitrogens with one attached hydrogen (secondary N) is 1. The standard InChI is InChI=1S/C22H17ClN2O3/c1-15-5-2-3-8-20(15)22(27)28-19-11-9-16(10-12-19)14-24-25-21(26)17-6-4-7-18(23)13-17/h2-14H,1H3,(H,25,26). The van der Waals surface area contributed by atoms with Crippen molar-refractivity contribution >= 4 is 29.7 Å². The van der Waals surface area contributed by atoms with Gasteiger partial charge in [0.25, 0.3) is 5.91 Å². The maximum atomic E-state index is 12.2. The number of rotatable bonds is 5. The molecule has 0 aliphatic rings. The Morgan fingerprint density at radius 3 is 2.46 bits per heavy atom. The van der Waals surface area contributed by atoms with E-state index in [4.69, 9.17) is 16.3 Å². The quantitative estimate of drug-likeness (QED) is 0.298. The van der Waals surface area contributed by atoms with Gasteiger partial charge in [0.05, 0.1) is 11.8 Å². The highest BCUT2D eigenvalue weighted by Crippen LogP contribution is 2.15. The molecule has 0 spiro atoms. The third-order valence-corrected chi connectivity index (χ3v) is 4.16. The van der Waals surface area contributed by atoms with Gasteiger partial charge in [-0.25, -0.2) is 10.2 Å². The van der Waals surface area contributed by atoms with Crippen LogP contribution in [0.15, 0.2) is 77.9 Å². The molecule has 0 aliphatic carbocycles. The summed E-state index contributed by atoms with van der Waals surface area (Å²) < 4.78 is 5.38. The first-order valence-corrected chi connectivity index (χ1v) is 8.87. The number of hydrazone groups is 1. The van der Waals surface area contributed by atoms with Gasteiger partial charge in [0, 0.05) is 10.6 Å². The lowest BCUT2D eigenvalue weighted by molar-refractivity contribution is 0.0733. The maximum absolute atomic E-state index is 12.2. The maximum Gasteiger partial charge on any atom is 0.343 e. The zero-order valence-corrected chi connectivity index (χ0v) is 15.8. The summed E-state index contributed by atoms with van der Waals surface area (Å²) >= 11 is 5.86. The number of amides is 1. The molecule has 6 heteroatoms. The third kappa shape index (κ3) is 5.05. The third-order valence-electron chi connectivity index (χ3n) is 3.92. The van der Waals surface area contributed by atoms with Gasteiger partial charge in [-0.2, -0.15) is 5.10 Å². The molecule has 1 amide bonds. The largest absolute Gasteiger partial charge is 0.423 e. The summed E-state index contributed by atoms with van der Waals surface area (Å²) in [6.07, 6.45) is 1.50. The van der Waals surface area contributed by atoms with Crippen LogP contribution in [0.2, 0.25) is 5.02 Å². The van der Waals surface area contributed by atoms with E-state index in [1.807, 2.05) is 19.1 Å². The van der Waals surface area contributed by atoms with Crippen LogP contribution in [0.4, 0.5) is 0 Å². The molecule has 0 bridgehead atoms. The minimum Gasteiger partial charge on any atom is -0.423 e. The molecule has 0 atom stereocenters. The molecule has 3 aromatic rings. The molecular formula is C22H17ClN2O3. The Labute approximate surface area is 167 Å². The van der Waals surface area contributed by atoms with Crippen molar-refractivity contribution in [2.45, 2.75) is 6.92 Å². The van der Waals surface area contributed by atoms with Gasteiger partial charge in [0.1, 0.15) is 5.75 Å². The molecule has 0 aromatic heterocycles. The molecule has 0 radical (unpaired) electrons. The van der Waals surface area contributed by atoms with Gasteiger partial charge in [-0.15, -0.1) is 0 Å². The van der Waals surface area contributed by atoms with E-state index in [0.717, 1.165) is 11.1 Å². The number of ether oxygens (including phenoxy) is 1. The van der Waals surface area contributed by atoms with Gasteiger partial charge >= 0.3 is 5.97 Å². The summed E-state index contributed by atoms with van der Waals surface area (Å²) in [5, 5.41) is 4.40. The first-order chi connectivity index (χ1) is 13.5. The van der Waals surface area contributed by atoms with Crippen LogP contribution in [0.25, 0.3) is 0 Å². The normalized spacial score (nSPS) is 10.6. The molecule has 0 heterocycles.